The van der Waals surface area contributed by atoms with Gasteiger partial charge >= 0.3 is 5.97 Å². The summed E-state index contributed by atoms with van der Waals surface area (Å²) in [6, 6.07) is 0. The maximum Gasteiger partial charge on any atom is 0.339 e. The van der Waals surface area contributed by atoms with Crippen LogP contribution in [0.25, 0.3) is 11.1 Å². The van der Waals surface area contributed by atoms with E-state index in [0.717, 1.165) is 0 Å². The zero-order chi connectivity index (χ0) is 20.0. The smallest absolute Gasteiger partial charge is 0.339 e. The summed E-state index contributed by atoms with van der Waals surface area (Å²) in [5, 5.41) is 9.64. The average Bonchev–Trinajstić information content (AvgIpc) is 2.98. The SMILES string of the molecule is C=C/C=C\C(=C)c1sc(N)c(C(=O)O)c1/C(C=C)=C/C=C.CC.CC. The van der Waals surface area contributed by atoms with Crippen molar-refractivity contribution in [3.63, 3.8) is 0 Å². The molecule has 3 nitrogen and oxygen atoms in total. The van der Waals surface area contributed by atoms with Gasteiger partial charge in [-0.1, -0.05) is 90.5 Å². The van der Waals surface area contributed by atoms with E-state index in [-0.39, 0.29) is 10.6 Å². The zero-order valence-corrected chi connectivity index (χ0v) is 16.5. The molecule has 0 saturated heterocycles. The molecule has 0 saturated carbocycles. The molecule has 0 radical (unpaired) electrons. The molecule has 0 fully saturated rings. The van der Waals surface area contributed by atoms with Crippen molar-refractivity contribution in [3.05, 3.63) is 78.8 Å². The third-order valence-electron chi connectivity index (χ3n) is 2.68. The number of carbonyl (C=O) groups is 1. The second-order valence-corrected chi connectivity index (χ2v) is 5.08. The maximum absolute atomic E-state index is 11.5. The normalized spacial score (nSPS) is 10.0. The summed E-state index contributed by atoms with van der Waals surface area (Å²) in [5.41, 5.74) is 7.74. The predicted octanol–water partition coefficient (Wildman–Crippen LogP) is 6.59. The standard InChI is InChI=1S/C17H17NO2S.2C2H6/c1-5-8-10-11(4)15-13(12(7-3)9-6-2)14(17(19)20)16(18)21-15;2*1-2/h5-10H,1-4,18H2,(H,19,20);2*1-2H3/b10-8-,12-9+;;. The molecule has 0 aliphatic carbocycles. The molecule has 4 heteroatoms. The first-order chi connectivity index (χ1) is 12.0. The second kappa shape index (κ2) is 13.8. The Labute approximate surface area is 155 Å². The van der Waals surface area contributed by atoms with Gasteiger partial charge in [-0.15, -0.1) is 11.3 Å². The largest absolute Gasteiger partial charge is 0.478 e. The van der Waals surface area contributed by atoms with Gasteiger partial charge in [0, 0.05) is 10.4 Å². The number of nitrogen functional groups attached to an aromatic ring is 1. The van der Waals surface area contributed by atoms with Crippen LogP contribution < -0.4 is 5.73 Å². The van der Waals surface area contributed by atoms with Gasteiger partial charge in [0.05, 0.1) is 0 Å². The Morgan fingerprint density at radius 1 is 1.08 bits per heavy atom. The number of anilines is 1. The van der Waals surface area contributed by atoms with E-state index in [9.17, 15) is 9.90 Å². The van der Waals surface area contributed by atoms with Crippen LogP contribution in [0, 0.1) is 0 Å². The first kappa shape index (κ1) is 24.7. The molecule has 1 rings (SSSR count). The number of carboxylic acid groups (broad SMARTS) is 1. The fraction of sp³-hybridized carbons (Fsp3) is 0.190. The topological polar surface area (TPSA) is 63.3 Å². The van der Waals surface area contributed by atoms with Crippen LogP contribution in [0.15, 0.2) is 62.8 Å². The highest BCUT2D eigenvalue weighted by molar-refractivity contribution is 7.17. The van der Waals surface area contributed by atoms with Crippen LogP contribution in [0.5, 0.6) is 0 Å². The van der Waals surface area contributed by atoms with Crippen molar-refractivity contribution in [2.75, 3.05) is 5.73 Å². The summed E-state index contributed by atoms with van der Waals surface area (Å²) >= 11 is 1.19. The quantitative estimate of drug-likeness (QED) is 0.540. The molecule has 0 bridgehead atoms. The van der Waals surface area contributed by atoms with Gasteiger partial charge in [-0.2, -0.15) is 0 Å². The Kier molecular flexibility index (Phi) is 13.6. The summed E-state index contributed by atoms with van der Waals surface area (Å²) in [4.78, 5) is 12.2. The maximum atomic E-state index is 11.5. The number of nitrogens with two attached hydrogens (primary N) is 1. The third-order valence-corrected chi connectivity index (χ3v) is 3.77. The highest BCUT2D eigenvalue weighted by Crippen LogP contribution is 2.40. The first-order valence-electron chi connectivity index (χ1n) is 8.07. The van der Waals surface area contributed by atoms with Crippen LogP contribution in [0.4, 0.5) is 5.00 Å². The van der Waals surface area contributed by atoms with Crippen molar-refractivity contribution in [1.82, 2.24) is 0 Å². The average molecular weight is 360 g/mol. The minimum atomic E-state index is -1.08. The van der Waals surface area contributed by atoms with E-state index in [2.05, 4.69) is 26.3 Å². The molecule has 3 N–H and O–H groups in total. The van der Waals surface area contributed by atoms with E-state index >= 15 is 0 Å². The van der Waals surface area contributed by atoms with Gasteiger partial charge in [0.15, 0.2) is 0 Å². The zero-order valence-electron chi connectivity index (χ0n) is 15.6. The monoisotopic (exact) mass is 359 g/mol. The molecule has 0 aromatic carbocycles. The van der Waals surface area contributed by atoms with E-state index in [4.69, 9.17) is 5.73 Å². The van der Waals surface area contributed by atoms with Crippen LogP contribution in [-0.2, 0) is 0 Å². The van der Waals surface area contributed by atoms with E-state index in [0.29, 0.717) is 21.6 Å². The lowest BCUT2D eigenvalue weighted by Crippen LogP contribution is -2.02. The van der Waals surface area contributed by atoms with Gasteiger partial charge < -0.3 is 10.8 Å². The molecule has 0 spiro atoms. The summed E-state index contributed by atoms with van der Waals surface area (Å²) in [5.74, 6) is -1.08. The Morgan fingerprint density at radius 3 is 2.04 bits per heavy atom. The van der Waals surface area contributed by atoms with Crippen molar-refractivity contribution in [2.45, 2.75) is 27.7 Å². The number of hydrogen-bond acceptors (Lipinski definition) is 3. The summed E-state index contributed by atoms with van der Waals surface area (Å²) in [6.07, 6.45) is 9.93. The Morgan fingerprint density at radius 2 is 1.64 bits per heavy atom. The predicted molar refractivity (Wildman–Crippen MR) is 115 cm³/mol. The second-order valence-electron chi connectivity index (χ2n) is 4.03. The van der Waals surface area contributed by atoms with Crippen molar-refractivity contribution in [1.29, 1.82) is 0 Å². The van der Waals surface area contributed by atoms with Crippen LogP contribution >= 0.6 is 11.3 Å². The molecular weight excluding hydrogens is 330 g/mol. The van der Waals surface area contributed by atoms with Crippen LogP contribution in [0.1, 0.15) is 48.5 Å². The van der Waals surface area contributed by atoms with Crippen molar-refractivity contribution in [2.24, 2.45) is 0 Å². The van der Waals surface area contributed by atoms with E-state index in [1.54, 1.807) is 36.5 Å². The van der Waals surface area contributed by atoms with Crippen LogP contribution in [-0.4, -0.2) is 11.1 Å². The number of allylic oxidation sites excluding steroid dienone is 8. The van der Waals surface area contributed by atoms with Crippen molar-refractivity contribution < 1.29 is 9.90 Å². The fourth-order valence-electron chi connectivity index (χ4n) is 1.80. The Bertz CT molecular complexity index is 676. The van der Waals surface area contributed by atoms with E-state index in [1.165, 1.54) is 11.3 Å². The minimum absolute atomic E-state index is 0.0659. The Hall–Kier alpha value is -2.59. The summed E-state index contributed by atoms with van der Waals surface area (Å²) in [7, 11) is 0. The molecule has 1 aromatic rings. The van der Waals surface area contributed by atoms with Gasteiger partial charge in [0.25, 0.3) is 0 Å². The Balaban J connectivity index is 0. The number of rotatable bonds is 7. The number of aromatic carboxylic acids is 1. The lowest BCUT2D eigenvalue weighted by molar-refractivity contribution is 0.0698. The number of thiophene rings is 1. The van der Waals surface area contributed by atoms with Gasteiger partial charge in [-0.3, -0.25) is 0 Å². The number of hydrogen-bond donors (Lipinski definition) is 2. The fourth-order valence-corrected chi connectivity index (χ4v) is 2.84. The first-order valence-corrected chi connectivity index (χ1v) is 8.89. The van der Waals surface area contributed by atoms with Gasteiger partial charge in [-0.05, 0) is 11.1 Å². The molecule has 1 aromatic heterocycles. The van der Waals surface area contributed by atoms with Crippen LogP contribution in [0.2, 0.25) is 0 Å². The molecule has 0 aliphatic rings. The molecule has 136 valence electrons. The summed E-state index contributed by atoms with van der Waals surface area (Å²) < 4.78 is 0. The van der Waals surface area contributed by atoms with Gasteiger partial charge in [0.1, 0.15) is 10.6 Å². The van der Waals surface area contributed by atoms with Gasteiger partial charge in [0.2, 0.25) is 0 Å². The number of carboxylic acids is 1. The molecule has 0 amide bonds. The third kappa shape index (κ3) is 6.81. The molecular formula is C21H29NO2S. The molecule has 0 unspecified atom stereocenters. The molecule has 0 aliphatic heterocycles. The molecule has 0 atom stereocenters. The van der Waals surface area contributed by atoms with E-state index < -0.39 is 5.97 Å². The van der Waals surface area contributed by atoms with Crippen LogP contribution in [0.3, 0.4) is 0 Å². The summed E-state index contributed by atoms with van der Waals surface area (Å²) in [6.45, 7) is 22.9. The molecule has 1 heterocycles. The highest BCUT2D eigenvalue weighted by atomic mass is 32.1. The minimum Gasteiger partial charge on any atom is -0.478 e. The highest BCUT2D eigenvalue weighted by Gasteiger charge is 2.24. The van der Waals surface area contributed by atoms with Crippen molar-refractivity contribution in [3.8, 4) is 0 Å². The lowest BCUT2D eigenvalue weighted by atomic mass is 9.98. The lowest BCUT2D eigenvalue weighted by Gasteiger charge is -2.06. The molecule has 25 heavy (non-hydrogen) atoms. The van der Waals surface area contributed by atoms with Crippen molar-refractivity contribution >= 4 is 33.5 Å². The van der Waals surface area contributed by atoms with E-state index in [1.807, 2.05) is 27.7 Å². The van der Waals surface area contributed by atoms with Gasteiger partial charge in [-0.25, -0.2) is 4.79 Å².